The molecule has 2 nitrogen and oxygen atoms in total. The molecule has 0 aliphatic carbocycles. The highest BCUT2D eigenvalue weighted by atomic mass is 35.5. The summed E-state index contributed by atoms with van der Waals surface area (Å²) >= 11 is 0. The Hall–Kier alpha value is -1.35. The van der Waals surface area contributed by atoms with Gasteiger partial charge in [-0.2, -0.15) is 0 Å². The van der Waals surface area contributed by atoms with Crippen molar-refractivity contribution in [2.75, 3.05) is 26.2 Å². The van der Waals surface area contributed by atoms with Gasteiger partial charge < -0.3 is 9.64 Å². The molecule has 0 amide bonds. The fourth-order valence-corrected chi connectivity index (χ4v) is 4.15. The fourth-order valence-electron chi connectivity index (χ4n) is 4.15. The summed E-state index contributed by atoms with van der Waals surface area (Å²) in [5, 5.41) is 0. The second kappa shape index (κ2) is 7.69. The molecule has 1 spiro atoms. The van der Waals surface area contributed by atoms with Crippen LogP contribution < -0.4 is 0 Å². The van der Waals surface area contributed by atoms with Gasteiger partial charge in [-0.25, -0.2) is 0 Å². The van der Waals surface area contributed by atoms with Crippen LogP contribution in [0.3, 0.4) is 0 Å². The van der Waals surface area contributed by atoms with Gasteiger partial charge in [0.15, 0.2) is 0 Å². The minimum atomic E-state index is 0. The van der Waals surface area contributed by atoms with Gasteiger partial charge in [-0.1, -0.05) is 54.6 Å². The Morgan fingerprint density at radius 1 is 0.917 bits per heavy atom. The summed E-state index contributed by atoms with van der Waals surface area (Å²) in [4.78, 5) is 2.62. The summed E-state index contributed by atoms with van der Waals surface area (Å²) in [6.45, 7) is 5.23. The molecular weight excluding hydrogens is 318 g/mol. The van der Waals surface area contributed by atoms with Crippen molar-refractivity contribution in [2.24, 2.45) is 0 Å². The van der Waals surface area contributed by atoms with E-state index < -0.39 is 0 Å². The Labute approximate surface area is 151 Å². The maximum atomic E-state index is 5.94. The van der Waals surface area contributed by atoms with E-state index in [-0.39, 0.29) is 17.8 Å². The molecule has 2 aliphatic heterocycles. The molecule has 24 heavy (non-hydrogen) atoms. The van der Waals surface area contributed by atoms with Crippen molar-refractivity contribution >= 4 is 12.4 Å². The first kappa shape index (κ1) is 17.5. The van der Waals surface area contributed by atoms with Crippen molar-refractivity contribution in [3.05, 3.63) is 71.3 Å². The first-order valence-corrected chi connectivity index (χ1v) is 8.78. The predicted octanol–water partition coefficient (Wildman–Crippen LogP) is 4.21. The van der Waals surface area contributed by atoms with E-state index in [1.807, 2.05) is 0 Å². The largest absolute Gasteiger partial charge is 0.376 e. The van der Waals surface area contributed by atoms with E-state index in [1.165, 1.54) is 43.6 Å². The van der Waals surface area contributed by atoms with Crippen molar-refractivity contribution in [1.82, 2.24) is 4.90 Å². The van der Waals surface area contributed by atoms with Gasteiger partial charge in [0.25, 0.3) is 0 Å². The van der Waals surface area contributed by atoms with E-state index in [1.54, 1.807) is 5.56 Å². The monoisotopic (exact) mass is 343 g/mol. The number of nitrogens with zero attached hydrogens (tertiary/aromatic N) is 1. The topological polar surface area (TPSA) is 12.5 Å². The fraction of sp³-hybridized carbons (Fsp3) is 0.429. The zero-order valence-corrected chi connectivity index (χ0v) is 14.9. The second-order valence-corrected chi connectivity index (χ2v) is 7.01. The Balaban J connectivity index is 0.00000169. The van der Waals surface area contributed by atoms with Crippen LogP contribution in [0.5, 0.6) is 0 Å². The number of benzene rings is 2. The summed E-state index contributed by atoms with van der Waals surface area (Å²) in [6, 6.07) is 19.7. The van der Waals surface area contributed by atoms with Crippen LogP contribution >= 0.6 is 12.4 Å². The lowest BCUT2D eigenvalue weighted by Crippen LogP contribution is -2.47. The van der Waals surface area contributed by atoms with Gasteiger partial charge in [-0.05, 0) is 49.0 Å². The normalized spacial score (nSPS) is 19.5. The van der Waals surface area contributed by atoms with Gasteiger partial charge in [0, 0.05) is 12.0 Å². The van der Waals surface area contributed by atoms with Crippen LogP contribution in [-0.4, -0.2) is 31.1 Å². The van der Waals surface area contributed by atoms with Gasteiger partial charge in [0.05, 0.1) is 13.2 Å². The first-order valence-electron chi connectivity index (χ1n) is 8.78. The van der Waals surface area contributed by atoms with Crippen LogP contribution in [-0.2, 0) is 23.2 Å². The Morgan fingerprint density at radius 2 is 1.62 bits per heavy atom. The minimum absolute atomic E-state index is 0. The van der Waals surface area contributed by atoms with Gasteiger partial charge in [-0.3, -0.25) is 0 Å². The lowest BCUT2D eigenvalue weighted by Gasteiger charge is -2.45. The molecule has 2 aliphatic rings. The summed E-state index contributed by atoms with van der Waals surface area (Å²) < 4.78 is 5.94. The zero-order valence-electron chi connectivity index (χ0n) is 14.1. The molecule has 1 fully saturated rings. The molecule has 0 radical (unpaired) electrons. The molecular formula is C21H26ClNO. The highest BCUT2D eigenvalue weighted by Gasteiger charge is 2.39. The van der Waals surface area contributed by atoms with Gasteiger partial charge in [0.2, 0.25) is 0 Å². The summed E-state index contributed by atoms with van der Waals surface area (Å²) in [5.41, 5.74) is 4.66. The Kier molecular flexibility index (Phi) is 5.60. The smallest absolute Gasteiger partial charge is 0.0720 e. The van der Waals surface area contributed by atoms with Crippen LogP contribution in [0.2, 0.25) is 0 Å². The lowest BCUT2D eigenvalue weighted by molar-refractivity contribution is 0.0189. The third-order valence-corrected chi connectivity index (χ3v) is 5.60. The van der Waals surface area contributed by atoms with E-state index in [0.717, 1.165) is 19.6 Å². The number of likely N-dealkylation sites (tertiary alicyclic amines) is 1. The maximum absolute atomic E-state index is 5.94. The number of fused-ring (bicyclic) bond motifs is 2. The molecule has 0 bridgehead atoms. The average molecular weight is 344 g/mol. The Bertz CT molecular complexity index is 650. The van der Waals surface area contributed by atoms with Crippen molar-refractivity contribution in [2.45, 2.75) is 31.3 Å². The molecule has 0 N–H and O–H groups in total. The van der Waals surface area contributed by atoms with Gasteiger partial charge >= 0.3 is 0 Å². The van der Waals surface area contributed by atoms with E-state index in [2.05, 4.69) is 59.5 Å². The standard InChI is InChI=1S/C21H25NO.ClH/c1-2-6-18(7-3-1)10-13-22-14-11-21(12-15-22)17-23-16-19-8-4-5-9-20(19)21;/h1-9H,10-17H2;1H. The molecule has 0 unspecified atom stereocenters. The minimum Gasteiger partial charge on any atom is -0.376 e. The number of ether oxygens (including phenoxy) is 1. The molecule has 128 valence electrons. The summed E-state index contributed by atoms with van der Waals surface area (Å²) in [6.07, 6.45) is 3.60. The molecule has 1 saturated heterocycles. The molecule has 4 rings (SSSR count). The first-order chi connectivity index (χ1) is 11.4. The van der Waals surface area contributed by atoms with Crippen LogP contribution in [0.15, 0.2) is 54.6 Å². The molecule has 0 atom stereocenters. The number of halogens is 1. The highest BCUT2D eigenvalue weighted by molar-refractivity contribution is 5.85. The zero-order chi connectivity index (χ0) is 15.5. The van der Waals surface area contributed by atoms with Crippen LogP contribution in [0.4, 0.5) is 0 Å². The van der Waals surface area contributed by atoms with Crippen LogP contribution in [0, 0.1) is 0 Å². The molecule has 3 heteroatoms. The average Bonchev–Trinajstić information content (AvgIpc) is 2.63. The SMILES string of the molecule is Cl.c1ccc(CCN2CCC3(CC2)COCc2ccccc23)cc1. The number of piperidine rings is 1. The molecule has 0 saturated carbocycles. The highest BCUT2D eigenvalue weighted by Crippen LogP contribution is 2.40. The van der Waals surface area contributed by atoms with Gasteiger partial charge in [0.1, 0.15) is 0 Å². The van der Waals surface area contributed by atoms with Crippen molar-refractivity contribution in [3.63, 3.8) is 0 Å². The maximum Gasteiger partial charge on any atom is 0.0720 e. The van der Waals surface area contributed by atoms with Crippen LogP contribution in [0.1, 0.15) is 29.5 Å². The summed E-state index contributed by atoms with van der Waals surface area (Å²) in [7, 11) is 0. The van der Waals surface area contributed by atoms with E-state index in [4.69, 9.17) is 4.74 Å². The number of rotatable bonds is 3. The van der Waals surface area contributed by atoms with Gasteiger partial charge in [-0.15, -0.1) is 12.4 Å². The van der Waals surface area contributed by atoms with E-state index in [9.17, 15) is 0 Å². The molecule has 2 aromatic carbocycles. The molecule has 2 heterocycles. The quantitative estimate of drug-likeness (QED) is 0.827. The second-order valence-electron chi connectivity index (χ2n) is 7.01. The number of hydrogen-bond acceptors (Lipinski definition) is 2. The Morgan fingerprint density at radius 3 is 2.42 bits per heavy atom. The number of hydrogen-bond donors (Lipinski definition) is 0. The van der Waals surface area contributed by atoms with Crippen molar-refractivity contribution in [1.29, 1.82) is 0 Å². The third-order valence-electron chi connectivity index (χ3n) is 5.60. The third kappa shape index (κ3) is 3.51. The lowest BCUT2D eigenvalue weighted by atomic mass is 9.70. The summed E-state index contributed by atoms with van der Waals surface area (Å²) in [5.74, 6) is 0. The molecule has 0 aromatic heterocycles. The van der Waals surface area contributed by atoms with Crippen LogP contribution in [0.25, 0.3) is 0 Å². The van der Waals surface area contributed by atoms with Crippen molar-refractivity contribution in [3.8, 4) is 0 Å². The molecule has 2 aromatic rings. The van der Waals surface area contributed by atoms with E-state index in [0.29, 0.717) is 0 Å². The predicted molar refractivity (Wildman–Crippen MR) is 101 cm³/mol. The van der Waals surface area contributed by atoms with E-state index >= 15 is 0 Å². The van der Waals surface area contributed by atoms with Crippen molar-refractivity contribution < 1.29 is 4.74 Å².